The molecule has 5 nitrogen and oxygen atoms in total. The van der Waals surface area contributed by atoms with Crippen molar-refractivity contribution in [2.75, 3.05) is 13.2 Å². The first kappa shape index (κ1) is 12.0. The van der Waals surface area contributed by atoms with Crippen LogP contribution in [-0.4, -0.2) is 47.2 Å². The first-order chi connectivity index (χ1) is 7.07. The summed E-state index contributed by atoms with van der Waals surface area (Å²) in [4.78, 5) is 24.4. The molecule has 5 heteroatoms. The average molecular weight is 215 g/mol. The summed E-state index contributed by atoms with van der Waals surface area (Å²) in [5.74, 6) is -0.769. The average Bonchev–Trinajstić information content (AvgIpc) is 2.65. The van der Waals surface area contributed by atoms with E-state index in [-0.39, 0.29) is 5.97 Å². The van der Waals surface area contributed by atoms with Crippen LogP contribution in [0.2, 0.25) is 0 Å². The molecule has 0 aromatic rings. The van der Waals surface area contributed by atoms with Crippen LogP contribution in [0.5, 0.6) is 0 Å². The Labute approximate surface area is 89.0 Å². The zero-order valence-corrected chi connectivity index (χ0v) is 9.10. The highest BCUT2D eigenvalue weighted by molar-refractivity contribution is 5.87. The van der Waals surface area contributed by atoms with Crippen LogP contribution < -0.4 is 0 Å². The molecule has 0 bridgehead atoms. The van der Waals surface area contributed by atoms with Gasteiger partial charge in [0.2, 0.25) is 0 Å². The summed E-state index contributed by atoms with van der Waals surface area (Å²) in [6, 6.07) is -0.507. The van der Waals surface area contributed by atoms with Crippen LogP contribution >= 0.6 is 0 Å². The number of aliphatic hydroxyl groups excluding tert-OH is 1. The molecular weight excluding hydrogens is 198 g/mol. The van der Waals surface area contributed by atoms with Crippen molar-refractivity contribution in [1.29, 1.82) is 0 Å². The van der Waals surface area contributed by atoms with E-state index in [1.54, 1.807) is 6.92 Å². The molecule has 1 rings (SSSR count). The Balaban J connectivity index is 2.64. The van der Waals surface area contributed by atoms with Crippen molar-refractivity contribution < 1.29 is 19.4 Å². The second-order valence-electron chi connectivity index (χ2n) is 3.62. The van der Waals surface area contributed by atoms with Crippen LogP contribution in [0.15, 0.2) is 0 Å². The maximum Gasteiger partial charge on any atom is 0.328 e. The van der Waals surface area contributed by atoms with Crippen molar-refractivity contribution in [3.63, 3.8) is 0 Å². The quantitative estimate of drug-likeness (QED) is 0.669. The molecule has 0 radical (unpaired) electrons. The van der Waals surface area contributed by atoms with Gasteiger partial charge in [-0.05, 0) is 26.7 Å². The molecule has 1 heterocycles. The molecule has 1 saturated heterocycles. The smallest absolute Gasteiger partial charge is 0.328 e. The third-order valence-electron chi connectivity index (χ3n) is 2.45. The molecule has 2 unspecified atom stereocenters. The lowest BCUT2D eigenvalue weighted by molar-refractivity contribution is -0.155. The van der Waals surface area contributed by atoms with Crippen molar-refractivity contribution in [3.05, 3.63) is 0 Å². The number of aliphatic hydroxyl groups is 1. The van der Waals surface area contributed by atoms with E-state index in [0.717, 1.165) is 6.42 Å². The number of hydrogen-bond acceptors (Lipinski definition) is 4. The van der Waals surface area contributed by atoms with Gasteiger partial charge in [0.15, 0.2) is 0 Å². The predicted octanol–water partition coefficient (Wildman–Crippen LogP) is -0.0787. The largest absolute Gasteiger partial charge is 0.464 e. The van der Waals surface area contributed by atoms with Gasteiger partial charge in [-0.2, -0.15) is 0 Å². The molecule has 0 aliphatic carbocycles. The summed E-state index contributed by atoms with van der Waals surface area (Å²) in [7, 11) is 0. The highest BCUT2D eigenvalue weighted by Crippen LogP contribution is 2.19. The zero-order chi connectivity index (χ0) is 11.4. The highest BCUT2D eigenvalue weighted by Gasteiger charge is 2.36. The number of amides is 1. The maximum absolute atomic E-state index is 11.5. The molecule has 0 aromatic carbocycles. The first-order valence-corrected chi connectivity index (χ1v) is 5.23. The van der Waals surface area contributed by atoms with Gasteiger partial charge in [-0.3, -0.25) is 4.79 Å². The van der Waals surface area contributed by atoms with E-state index in [4.69, 9.17) is 9.84 Å². The Morgan fingerprint density at radius 1 is 1.60 bits per heavy atom. The molecule has 86 valence electrons. The van der Waals surface area contributed by atoms with Crippen LogP contribution in [0.1, 0.15) is 26.7 Å². The molecule has 0 aromatic heterocycles. The lowest BCUT2D eigenvalue weighted by Crippen LogP contribution is -2.45. The fraction of sp³-hybridized carbons (Fsp3) is 0.800. The predicted molar refractivity (Wildman–Crippen MR) is 53.0 cm³/mol. The van der Waals surface area contributed by atoms with Crippen LogP contribution in [0.25, 0.3) is 0 Å². The van der Waals surface area contributed by atoms with Gasteiger partial charge in [-0.15, -0.1) is 0 Å². The minimum absolute atomic E-state index is 0.312. The van der Waals surface area contributed by atoms with E-state index < -0.39 is 18.1 Å². The van der Waals surface area contributed by atoms with Gasteiger partial charge in [-0.25, -0.2) is 4.79 Å². The number of hydrogen-bond donors (Lipinski definition) is 1. The third-order valence-corrected chi connectivity index (χ3v) is 2.45. The standard InChI is InChI=1S/C10H17NO4/c1-3-15-10(14)8-5-4-6-11(8)9(13)7(2)12/h7-8,12H,3-6H2,1-2H3. The number of nitrogens with zero attached hydrogens (tertiary/aromatic N) is 1. The van der Waals surface area contributed by atoms with Crippen LogP contribution in [0.4, 0.5) is 0 Å². The van der Waals surface area contributed by atoms with Crippen LogP contribution in [0, 0.1) is 0 Å². The normalized spacial score (nSPS) is 22.6. The van der Waals surface area contributed by atoms with Gasteiger partial charge >= 0.3 is 5.97 Å². The lowest BCUT2D eigenvalue weighted by Gasteiger charge is -2.24. The number of esters is 1. The molecule has 15 heavy (non-hydrogen) atoms. The second-order valence-corrected chi connectivity index (χ2v) is 3.62. The molecule has 0 spiro atoms. The monoisotopic (exact) mass is 215 g/mol. The van der Waals surface area contributed by atoms with Gasteiger partial charge in [0.25, 0.3) is 5.91 Å². The second kappa shape index (κ2) is 5.11. The molecule has 2 atom stereocenters. The van der Waals surface area contributed by atoms with Crippen molar-refractivity contribution in [2.45, 2.75) is 38.8 Å². The van der Waals surface area contributed by atoms with Crippen LogP contribution in [-0.2, 0) is 14.3 Å². The minimum atomic E-state index is -1.06. The number of carbonyl (C=O) groups excluding carboxylic acids is 2. The SMILES string of the molecule is CCOC(=O)C1CCCN1C(=O)C(C)O. The molecule has 1 aliphatic heterocycles. The van der Waals surface area contributed by atoms with E-state index in [0.29, 0.717) is 19.6 Å². The van der Waals surface area contributed by atoms with Gasteiger partial charge in [0.05, 0.1) is 6.61 Å². The van der Waals surface area contributed by atoms with E-state index in [9.17, 15) is 9.59 Å². The Hall–Kier alpha value is -1.10. The number of rotatable bonds is 3. The van der Waals surface area contributed by atoms with Crippen molar-refractivity contribution in [3.8, 4) is 0 Å². The molecule has 1 N–H and O–H groups in total. The Kier molecular flexibility index (Phi) is 4.08. The van der Waals surface area contributed by atoms with E-state index in [1.807, 2.05) is 0 Å². The molecular formula is C10H17NO4. The van der Waals surface area contributed by atoms with Crippen LogP contribution in [0.3, 0.4) is 0 Å². The summed E-state index contributed by atoms with van der Waals surface area (Å²) in [5.41, 5.74) is 0. The van der Waals surface area contributed by atoms with Gasteiger partial charge < -0.3 is 14.7 Å². The number of ether oxygens (including phenoxy) is 1. The topological polar surface area (TPSA) is 66.8 Å². The van der Waals surface area contributed by atoms with Gasteiger partial charge in [0.1, 0.15) is 12.1 Å². The highest BCUT2D eigenvalue weighted by atomic mass is 16.5. The summed E-state index contributed by atoms with van der Waals surface area (Å²) < 4.78 is 4.87. The first-order valence-electron chi connectivity index (χ1n) is 5.23. The molecule has 0 saturated carbocycles. The van der Waals surface area contributed by atoms with Gasteiger partial charge in [-0.1, -0.05) is 0 Å². The Morgan fingerprint density at radius 2 is 2.27 bits per heavy atom. The number of likely N-dealkylation sites (tertiary alicyclic amines) is 1. The van der Waals surface area contributed by atoms with E-state index in [1.165, 1.54) is 11.8 Å². The number of carbonyl (C=O) groups is 2. The zero-order valence-electron chi connectivity index (χ0n) is 9.10. The fourth-order valence-electron chi connectivity index (χ4n) is 1.75. The van der Waals surface area contributed by atoms with E-state index >= 15 is 0 Å². The summed E-state index contributed by atoms with van der Waals surface area (Å²) in [6.45, 7) is 3.97. The maximum atomic E-state index is 11.5. The van der Waals surface area contributed by atoms with Crippen molar-refractivity contribution in [1.82, 2.24) is 4.90 Å². The fourth-order valence-corrected chi connectivity index (χ4v) is 1.75. The van der Waals surface area contributed by atoms with E-state index in [2.05, 4.69) is 0 Å². The van der Waals surface area contributed by atoms with Crippen molar-refractivity contribution >= 4 is 11.9 Å². The lowest BCUT2D eigenvalue weighted by atomic mass is 10.2. The molecule has 1 fully saturated rings. The third kappa shape index (κ3) is 2.68. The summed E-state index contributed by atoms with van der Waals surface area (Å²) >= 11 is 0. The summed E-state index contributed by atoms with van der Waals surface area (Å²) in [5, 5.41) is 9.17. The Morgan fingerprint density at radius 3 is 2.80 bits per heavy atom. The Bertz CT molecular complexity index is 252. The summed E-state index contributed by atoms with van der Waals surface area (Å²) in [6.07, 6.45) is 0.346. The minimum Gasteiger partial charge on any atom is -0.464 e. The molecule has 1 amide bonds. The van der Waals surface area contributed by atoms with Gasteiger partial charge in [0, 0.05) is 6.54 Å². The molecule has 1 aliphatic rings. The van der Waals surface area contributed by atoms with Crippen molar-refractivity contribution in [2.24, 2.45) is 0 Å².